The van der Waals surface area contributed by atoms with Gasteiger partial charge in [-0.3, -0.25) is 4.90 Å². The molecule has 2 atom stereocenters. The number of aromatic nitrogens is 2. The van der Waals surface area contributed by atoms with Crippen LogP contribution in [0.4, 0.5) is 10.6 Å². The van der Waals surface area contributed by atoms with E-state index < -0.39 is 5.60 Å². The van der Waals surface area contributed by atoms with Crippen molar-refractivity contribution in [2.45, 2.75) is 77.3 Å². The zero-order chi connectivity index (χ0) is 30.4. The lowest BCUT2D eigenvalue weighted by Gasteiger charge is -2.42. The van der Waals surface area contributed by atoms with Crippen LogP contribution in [0.15, 0.2) is 30.3 Å². The zero-order valence-electron chi connectivity index (χ0n) is 26.0. The van der Waals surface area contributed by atoms with Gasteiger partial charge in [0.1, 0.15) is 18.0 Å². The summed E-state index contributed by atoms with van der Waals surface area (Å²) in [7, 11) is 2.12. The highest BCUT2D eigenvalue weighted by molar-refractivity contribution is 5.69. The normalized spacial score (nSPS) is 21.4. The van der Waals surface area contributed by atoms with Gasteiger partial charge in [0.25, 0.3) is 0 Å². The Balaban J connectivity index is 1.33. The van der Waals surface area contributed by atoms with Gasteiger partial charge in [-0.1, -0.05) is 30.3 Å². The van der Waals surface area contributed by atoms with Crippen molar-refractivity contribution in [3.05, 3.63) is 47.2 Å². The third-order valence-electron chi connectivity index (χ3n) is 8.35. The number of hydrogen-bond donors (Lipinski definition) is 0. The summed E-state index contributed by atoms with van der Waals surface area (Å²) in [4.78, 5) is 31.2. The Morgan fingerprint density at radius 2 is 1.91 bits per heavy atom. The van der Waals surface area contributed by atoms with Gasteiger partial charge in [0.05, 0.1) is 38.1 Å². The van der Waals surface area contributed by atoms with Gasteiger partial charge in [0, 0.05) is 43.8 Å². The second-order valence-electron chi connectivity index (χ2n) is 12.7. The molecule has 1 aromatic heterocycles. The van der Waals surface area contributed by atoms with Crippen LogP contribution in [-0.2, 0) is 29.0 Å². The minimum absolute atomic E-state index is 0.00139. The van der Waals surface area contributed by atoms with Crippen molar-refractivity contribution in [3.8, 4) is 12.1 Å². The minimum Gasteiger partial charge on any atom is -0.462 e. The molecule has 1 amide bonds. The molecule has 43 heavy (non-hydrogen) atoms. The lowest BCUT2D eigenvalue weighted by molar-refractivity contribution is -0.00762. The zero-order valence-corrected chi connectivity index (χ0v) is 26.0. The molecule has 0 saturated carbocycles. The van der Waals surface area contributed by atoms with E-state index in [1.807, 2.05) is 39.0 Å². The largest absolute Gasteiger partial charge is 0.462 e. The van der Waals surface area contributed by atoms with E-state index in [4.69, 9.17) is 24.2 Å². The van der Waals surface area contributed by atoms with Gasteiger partial charge in [-0.05, 0) is 59.2 Å². The van der Waals surface area contributed by atoms with Gasteiger partial charge in [0.2, 0.25) is 0 Å². The van der Waals surface area contributed by atoms with Crippen molar-refractivity contribution in [1.82, 2.24) is 24.7 Å². The molecule has 232 valence electrons. The Hall–Kier alpha value is -3.46. The molecule has 4 heterocycles. The predicted octanol–water partition coefficient (Wildman–Crippen LogP) is 3.82. The number of likely N-dealkylation sites (N-methyl/N-ethyl adjacent to an activating group) is 1. The molecule has 1 aromatic carbocycles. The van der Waals surface area contributed by atoms with Crippen LogP contribution < -0.4 is 9.64 Å². The molecule has 0 spiro atoms. The van der Waals surface area contributed by atoms with Crippen molar-refractivity contribution in [3.63, 3.8) is 0 Å². The molecule has 0 radical (unpaired) electrons. The van der Waals surface area contributed by atoms with E-state index in [9.17, 15) is 10.1 Å². The van der Waals surface area contributed by atoms with E-state index in [1.54, 1.807) is 4.90 Å². The Labute approximate surface area is 255 Å². The SMILES string of the molecule is CN1CCC[C@H]1COc1nc2c(c(N3CCN(COCc4ccccc4)C(CC#N)C3)n1)CCN(C(=O)OC(C)(C)C)C2. The Kier molecular flexibility index (Phi) is 10.0. The van der Waals surface area contributed by atoms with Crippen LogP contribution in [0.1, 0.15) is 56.9 Å². The maximum absolute atomic E-state index is 12.9. The number of carbonyl (C=O) groups excluding carboxylic acids is 1. The summed E-state index contributed by atoms with van der Waals surface area (Å²) in [5.74, 6) is 0.844. The van der Waals surface area contributed by atoms with E-state index in [0.29, 0.717) is 64.5 Å². The fourth-order valence-electron chi connectivity index (χ4n) is 5.97. The first-order valence-corrected chi connectivity index (χ1v) is 15.4. The van der Waals surface area contributed by atoms with Crippen LogP contribution in [0.2, 0.25) is 0 Å². The fraction of sp³-hybridized carbons (Fsp3) is 0.625. The molecule has 11 nitrogen and oxygen atoms in total. The standard InChI is InChI=1S/C32H45N7O4/c1-32(2,3)43-31(40)38-16-13-27-28(20-38)34-30(42-22-26-11-8-15-36(26)4)35-29(27)37-17-18-39(25(19-37)12-14-33)23-41-21-24-9-6-5-7-10-24/h5-7,9-10,25-26H,8,11-13,15-23H2,1-4H3/t25?,26-/m0/s1. The molecule has 1 unspecified atom stereocenters. The highest BCUT2D eigenvalue weighted by Crippen LogP contribution is 2.31. The summed E-state index contributed by atoms with van der Waals surface area (Å²) >= 11 is 0. The molecule has 0 aliphatic carbocycles. The minimum atomic E-state index is -0.573. The van der Waals surface area contributed by atoms with Gasteiger partial charge in [-0.25, -0.2) is 4.79 Å². The molecule has 3 aliphatic rings. The van der Waals surface area contributed by atoms with Crippen molar-refractivity contribution >= 4 is 11.9 Å². The summed E-state index contributed by atoms with van der Waals surface area (Å²) in [5, 5.41) is 9.65. The van der Waals surface area contributed by atoms with Crippen LogP contribution in [0.5, 0.6) is 6.01 Å². The van der Waals surface area contributed by atoms with Crippen LogP contribution >= 0.6 is 0 Å². The van der Waals surface area contributed by atoms with Crippen molar-refractivity contribution in [2.75, 3.05) is 58.0 Å². The number of fused-ring (bicyclic) bond motifs is 1. The van der Waals surface area contributed by atoms with E-state index in [0.717, 1.165) is 55.1 Å². The highest BCUT2D eigenvalue weighted by Gasteiger charge is 2.34. The summed E-state index contributed by atoms with van der Waals surface area (Å²) < 4.78 is 17.9. The summed E-state index contributed by atoms with van der Waals surface area (Å²) in [5.41, 5.74) is 2.38. The number of likely N-dealkylation sites (tertiary alicyclic amines) is 1. The number of anilines is 1. The number of ether oxygens (including phenoxy) is 3. The first kappa shape index (κ1) is 31.0. The van der Waals surface area contributed by atoms with E-state index >= 15 is 0 Å². The maximum atomic E-state index is 12.9. The Morgan fingerprint density at radius 1 is 1.09 bits per heavy atom. The van der Waals surface area contributed by atoms with Crippen LogP contribution in [0.3, 0.4) is 0 Å². The van der Waals surface area contributed by atoms with Crippen LogP contribution in [-0.4, -0.2) is 102 Å². The number of benzene rings is 1. The topological polar surface area (TPSA) is 107 Å². The Morgan fingerprint density at radius 3 is 2.63 bits per heavy atom. The third kappa shape index (κ3) is 8.13. The van der Waals surface area contributed by atoms with E-state index in [1.165, 1.54) is 0 Å². The second kappa shape index (κ2) is 13.9. The Bertz CT molecular complexity index is 1280. The van der Waals surface area contributed by atoms with Gasteiger partial charge in [-0.15, -0.1) is 0 Å². The molecule has 0 bridgehead atoms. The molecular formula is C32H45N7O4. The molecular weight excluding hydrogens is 546 g/mol. The average molecular weight is 592 g/mol. The third-order valence-corrected chi connectivity index (χ3v) is 8.35. The van der Waals surface area contributed by atoms with Crippen molar-refractivity contribution in [2.24, 2.45) is 0 Å². The number of carbonyl (C=O) groups is 1. The molecule has 5 rings (SSSR count). The van der Waals surface area contributed by atoms with E-state index in [2.05, 4.69) is 39.9 Å². The average Bonchev–Trinajstić information content (AvgIpc) is 3.40. The number of amides is 1. The van der Waals surface area contributed by atoms with Gasteiger partial charge >= 0.3 is 12.1 Å². The first-order chi connectivity index (χ1) is 20.7. The number of rotatable bonds is 9. The quantitative estimate of drug-likeness (QED) is 0.427. The molecule has 11 heteroatoms. The lowest BCUT2D eigenvalue weighted by atomic mass is 10.0. The lowest BCUT2D eigenvalue weighted by Crippen LogP contribution is -2.54. The molecule has 2 fully saturated rings. The first-order valence-electron chi connectivity index (χ1n) is 15.4. The number of hydrogen-bond acceptors (Lipinski definition) is 10. The molecule has 3 aliphatic heterocycles. The van der Waals surface area contributed by atoms with Crippen molar-refractivity contribution in [1.29, 1.82) is 5.26 Å². The number of piperazine rings is 1. The predicted molar refractivity (Wildman–Crippen MR) is 163 cm³/mol. The van der Waals surface area contributed by atoms with Crippen LogP contribution in [0.25, 0.3) is 0 Å². The maximum Gasteiger partial charge on any atom is 0.410 e. The summed E-state index contributed by atoms with van der Waals surface area (Å²) in [6, 6.07) is 13.2. The van der Waals surface area contributed by atoms with Gasteiger partial charge in [-0.2, -0.15) is 15.2 Å². The second-order valence-corrected chi connectivity index (χ2v) is 12.7. The van der Waals surface area contributed by atoms with Gasteiger partial charge in [0.15, 0.2) is 0 Å². The smallest absolute Gasteiger partial charge is 0.410 e. The number of nitriles is 1. The van der Waals surface area contributed by atoms with Crippen LogP contribution in [0, 0.1) is 11.3 Å². The number of nitrogens with zero attached hydrogens (tertiary/aromatic N) is 7. The van der Waals surface area contributed by atoms with E-state index in [-0.39, 0.29) is 12.1 Å². The fourth-order valence-corrected chi connectivity index (χ4v) is 5.97. The summed E-state index contributed by atoms with van der Waals surface area (Å²) in [6.45, 7) is 11.2. The van der Waals surface area contributed by atoms with Crippen molar-refractivity contribution < 1.29 is 19.0 Å². The highest BCUT2D eigenvalue weighted by atomic mass is 16.6. The molecule has 2 aromatic rings. The molecule has 2 saturated heterocycles. The summed E-state index contributed by atoms with van der Waals surface area (Å²) in [6.07, 6.45) is 2.92. The molecule has 0 N–H and O–H groups in total. The monoisotopic (exact) mass is 591 g/mol. The van der Waals surface area contributed by atoms with Gasteiger partial charge < -0.3 is 28.9 Å².